The van der Waals surface area contributed by atoms with E-state index in [-0.39, 0.29) is 18.4 Å². The van der Waals surface area contributed by atoms with E-state index < -0.39 is 10.0 Å². The quantitative estimate of drug-likeness (QED) is 0.836. The van der Waals surface area contributed by atoms with Crippen molar-refractivity contribution in [2.45, 2.75) is 17.1 Å². The van der Waals surface area contributed by atoms with E-state index in [2.05, 4.69) is 10.3 Å². The van der Waals surface area contributed by atoms with Crippen LogP contribution in [0.4, 0.5) is 0 Å². The molecule has 106 valence electrons. The highest BCUT2D eigenvalue weighted by Gasteiger charge is 2.33. The van der Waals surface area contributed by atoms with Crippen molar-refractivity contribution in [3.05, 3.63) is 17.5 Å². The molecule has 6 nitrogen and oxygen atoms in total. The second-order valence-corrected chi connectivity index (χ2v) is 7.42. The molecule has 1 aliphatic heterocycles. The van der Waals surface area contributed by atoms with Crippen LogP contribution in [-0.4, -0.2) is 38.8 Å². The molecule has 19 heavy (non-hydrogen) atoms. The van der Waals surface area contributed by atoms with Crippen LogP contribution in [0.2, 0.25) is 0 Å². The molecule has 2 heterocycles. The van der Waals surface area contributed by atoms with Gasteiger partial charge in [-0.3, -0.25) is 9.63 Å². The van der Waals surface area contributed by atoms with E-state index in [1.165, 1.54) is 22.8 Å². The number of nitrogens with one attached hydrogen (secondary N) is 1. The third-order valence-corrected chi connectivity index (χ3v) is 6.28. The Morgan fingerprint density at radius 1 is 1.58 bits per heavy atom. The van der Waals surface area contributed by atoms with Crippen molar-refractivity contribution in [3.63, 3.8) is 0 Å². The highest BCUT2D eigenvalue weighted by Crippen LogP contribution is 2.26. The summed E-state index contributed by atoms with van der Waals surface area (Å²) in [4.78, 5) is 16.3. The number of hydrogen-bond acceptors (Lipinski definition) is 5. The molecule has 1 aromatic heterocycles. The second-order valence-electron chi connectivity index (χ2n) is 4.30. The van der Waals surface area contributed by atoms with Crippen molar-refractivity contribution < 1.29 is 18.0 Å². The van der Waals surface area contributed by atoms with Gasteiger partial charge >= 0.3 is 0 Å². The number of amides is 1. The number of hydroxylamine groups is 1. The van der Waals surface area contributed by atoms with Crippen LogP contribution in [0.25, 0.3) is 0 Å². The minimum atomic E-state index is -3.47. The standard InChI is InChI=1S/C11H16N2O4S2/c1-17-12-11(14)9-4-2-6-13(8-9)19(15,16)10-5-3-7-18-10/h3,5,7,9H,2,4,6,8H2,1H3,(H,12,14). The van der Waals surface area contributed by atoms with E-state index in [0.29, 0.717) is 23.6 Å². The van der Waals surface area contributed by atoms with Crippen LogP contribution in [-0.2, 0) is 19.7 Å². The molecule has 1 unspecified atom stereocenters. The smallest absolute Gasteiger partial charge is 0.252 e. The maximum atomic E-state index is 12.3. The molecule has 0 saturated carbocycles. The molecule has 1 N–H and O–H groups in total. The molecule has 1 atom stereocenters. The van der Waals surface area contributed by atoms with Crippen molar-refractivity contribution in [2.75, 3.05) is 20.2 Å². The van der Waals surface area contributed by atoms with Crippen molar-refractivity contribution in [1.82, 2.24) is 9.79 Å². The van der Waals surface area contributed by atoms with Gasteiger partial charge in [-0.15, -0.1) is 11.3 Å². The van der Waals surface area contributed by atoms with Gasteiger partial charge in [0.2, 0.25) is 5.91 Å². The second kappa shape index (κ2) is 6.00. The lowest BCUT2D eigenvalue weighted by atomic mass is 9.99. The topological polar surface area (TPSA) is 75.7 Å². The Bertz CT molecular complexity index is 527. The Hall–Kier alpha value is -0.960. The van der Waals surface area contributed by atoms with E-state index in [1.807, 2.05) is 0 Å². The number of hydrogen-bond donors (Lipinski definition) is 1. The minimum Gasteiger partial charge on any atom is -0.277 e. The first-order valence-electron chi connectivity index (χ1n) is 5.92. The minimum absolute atomic E-state index is 0.204. The summed E-state index contributed by atoms with van der Waals surface area (Å²) in [6.07, 6.45) is 1.35. The molecule has 0 aliphatic carbocycles. The number of piperidine rings is 1. The number of thiophene rings is 1. The lowest BCUT2D eigenvalue weighted by Gasteiger charge is -2.30. The normalized spacial score (nSPS) is 21.2. The van der Waals surface area contributed by atoms with Crippen LogP contribution in [0.5, 0.6) is 0 Å². The fraction of sp³-hybridized carbons (Fsp3) is 0.545. The third-order valence-electron chi connectivity index (χ3n) is 3.05. The molecule has 8 heteroatoms. The van der Waals surface area contributed by atoms with Gasteiger partial charge in [0.15, 0.2) is 0 Å². The first kappa shape index (κ1) is 14.4. The maximum absolute atomic E-state index is 12.3. The Morgan fingerprint density at radius 3 is 3.00 bits per heavy atom. The summed E-state index contributed by atoms with van der Waals surface area (Å²) >= 11 is 1.19. The summed E-state index contributed by atoms with van der Waals surface area (Å²) in [5, 5.41) is 1.73. The predicted octanol–water partition coefficient (Wildman–Crippen LogP) is 0.826. The fourth-order valence-electron chi connectivity index (χ4n) is 2.10. The average Bonchev–Trinajstić information content (AvgIpc) is 2.94. The Morgan fingerprint density at radius 2 is 2.37 bits per heavy atom. The summed E-state index contributed by atoms with van der Waals surface area (Å²) in [5.41, 5.74) is 2.26. The largest absolute Gasteiger partial charge is 0.277 e. The summed E-state index contributed by atoms with van der Waals surface area (Å²) in [7, 11) is -2.11. The molecule has 2 rings (SSSR count). The average molecular weight is 304 g/mol. The van der Waals surface area contributed by atoms with Crippen LogP contribution >= 0.6 is 11.3 Å². The van der Waals surface area contributed by atoms with Gasteiger partial charge in [-0.05, 0) is 24.3 Å². The van der Waals surface area contributed by atoms with Crippen molar-refractivity contribution in [3.8, 4) is 0 Å². The summed E-state index contributed by atoms with van der Waals surface area (Å²) in [6, 6.07) is 3.29. The number of carbonyl (C=O) groups is 1. The van der Waals surface area contributed by atoms with E-state index in [4.69, 9.17) is 0 Å². The van der Waals surface area contributed by atoms with Gasteiger partial charge < -0.3 is 0 Å². The Balaban J connectivity index is 2.11. The maximum Gasteiger partial charge on any atom is 0.252 e. The number of nitrogens with zero attached hydrogens (tertiary/aromatic N) is 1. The summed E-state index contributed by atoms with van der Waals surface area (Å²) < 4.78 is 26.4. The zero-order valence-electron chi connectivity index (χ0n) is 10.5. The van der Waals surface area contributed by atoms with E-state index in [1.54, 1.807) is 17.5 Å². The Labute approximate surface area is 116 Å². The monoisotopic (exact) mass is 304 g/mol. The van der Waals surface area contributed by atoms with Gasteiger partial charge in [0.05, 0.1) is 13.0 Å². The van der Waals surface area contributed by atoms with Crippen LogP contribution in [0.15, 0.2) is 21.7 Å². The molecular weight excluding hydrogens is 288 g/mol. The molecule has 0 spiro atoms. The zero-order valence-corrected chi connectivity index (χ0v) is 12.2. The molecule has 1 aromatic rings. The highest BCUT2D eigenvalue weighted by molar-refractivity contribution is 7.91. The van der Waals surface area contributed by atoms with Gasteiger partial charge in [-0.1, -0.05) is 6.07 Å². The third kappa shape index (κ3) is 3.14. The lowest BCUT2D eigenvalue weighted by molar-refractivity contribution is -0.136. The van der Waals surface area contributed by atoms with Gasteiger partial charge in [0.25, 0.3) is 10.0 Å². The van der Waals surface area contributed by atoms with Gasteiger partial charge in [0.1, 0.15) is 4.21 Å². The SMILES string of the molecule is CONC(=O)C1CCCN(S(=O)(=O)c2cccs2)C1. The van der Waals surface area contributed by atoms with E-state index in [9.17, 15) is 13.2 Å². The predicted molar refractivity (Wildman–Crippen MR) is 71.0 cm³/mol. The number of rotatable bonds is 4. The van der Waals surface area contributed by atoms with Crippen LogP contribution < -0.4 is 5.48 Å². The van der Waals surface area contributed by atoms with Gasteiger partial charge in [-0.25, -0.2) is 13.9 Å². The molecular formula is C11H16N2O4S2. The molecule has 0 bridgehead atoms. The van der Waals surface area contributed by atoms with Gasteiger partial charge in [-0.2, -0.15) is 4.31 Å². The van der Waals surface area contributed by atoms with Crippen molar-refractivity contribution >= 4 is 27.3 Å². The van der Waals surface area contributed by atoms with Crippen molar-refractivity contribution in [1.29, 1.82) is 0 Å². The lowest BCUT2D eigenvalue weighted by Crippen LogP contribution is -2.45. The first-order valence-corrected chi connectivity index (χ1v) is 8.24. The molecule has 1 aliphatic rings. The summed E-state index contributed by atoms with van der Waals surface area (Å²) in [5.74, 6) is -0.628. The molecule has 1 fully saturated rings. The zero-order chi connectivity index (χ0) is 13.9. The summed E-state index contributed by atoms with van der Waals surface area (Å²) in [6.45, 7) is 0.659. The fourth-order valence-corrected chi connectivity index (χ4v) is 4.76. The van der Waals surface area contributed by atoms with Crippen LogP contribution in [0.3, 0.4) is 0 Å². The van der Waals surface area contributed by atoms with E-state index >= 15 is 0 Å². The molecule has 0 aromatic carbocycles. The Kier molecular flexibility index (Phi) is 4.56. The molecule has 1 amide bonds. The molecule has 1 saturated heterocycles. The van der Waals surface area contributed by atoms with E-state index in [0.717, 1.165) is 0 Å². The van der Waals surface area contributed by atoms with Crippen LogP contribution in [0.1, 0.15) is 12.8 Å². The first-order chi connectivity index (χ1) is 9.05. The highest BCUT2D eigenvalue weighted by atomic mass is 32.2. The number of sulfonamides is 1. The molecule has 0 radical (unpaired) electrons. The van der Waals surface area contributed by atoms with Crippen molar-refractivity contribution in [2.24, 2.45) is 5.92 Å². The number of carbonyl (C=O) groups excluding carboxylic acids is 1. The van der Waals surface area contributed by atoms with Gasteiger partial charge in [0, 0.05) is 13.1 Å². The van der Waals surface area contributed by atoms with Crippen LogP contribution in [0, 0.1) is 5.92 Å².